The second kappa shape index (κ2) is 7.55. The molecule has 0 saturated heterocycles. The molecule has 0 fully saturated rings. The third-order valence-corrected chi connectivity index (χ3v) is 11.0. The summed E-state index contributed by atoms with van der Waals surface area (Å²) in [4.78, 5) is 15.8. The predicted octanol–water partition coefficient (Wildman–Crippen LogP) is 6.22. The van der Waals surface area contributed by atoms with Gasteiger partial charge in [-0.15, -0.1) is 0 Å². The van der Waals surface area contributed by atoms with Crippen LogP contribution in [0.25, 0.3) is 0 Å². The molecule has 1 aromatic rings. The molecule has 0 amide bonds. The summed E-state index contributed by atoms with van der Waals surface area (Å²) in [5.41, 5.74) is 3.83. The van der Waals surface area contributed by atoms with Crippen molar-refractivity contribution in [3.8, 4) is 0 Å². The SMILES string of the molecule is CC1=C(C)CC(O[Si](C)(C)C(C)(C)C)(C(=O)c2ccc(N(C)C)cc2)CC1. The summed E-state index contributed by atoms with van der Waals surface area (Å²) < 4.78 is 6.89. The highest BCUT2D eigenvalue weighted by Gasteiger charge is 2.49. The van der Waals surface area contributed by atoms with E-state index in [-0.39, 0.29) is 10.8 Å². The van der Waals surface area contributed by atoms with Gasteiger partial charge in [0.1, 0.15) is 5.60 Å². The summed E-state index contributed by atoms with van der Waals surface area (Å²) in [6.45, 7) is 15.5. The Hall–Kier alpha value is -1.39. The van der Waals surface area contributed by atoms with Gasteiger partial charge in [-0.1, -0.05) is 31.9 Å². The van der Waals surface area contributed by atoms with Crippen LogP contribution in [0.15, 0.2) is 35.4 Å². The van der Waals surface area contributed by atoms with Gasteiger partial charge in [0, 0.05) is 31.8 Å². The summed E-state index contributed by atoms with van der Waals surface area (Å²) in [5, 5.41) is 0.0686. The molecule has 0 aromatic heterocycles. The van der Waals surface area contributed by atoms with E-state index < -0.39 is 13.9 Å². The standard InChI is InChI=1S/C23H37NO2Si/c1-17-14-15-23(16-18(17)2,26-27(8,9)22(3,4)5)21(25)19-10-12-20(13-11-19)24(6)7/h10-13H,14-16H2,1-9H3. The maximum absolute atomic E-state index is 13.7. The molecular formula is C23H37NO2Si. The second-order valence-corrected chi connectivity index (χ2v) is 14.6. The summed E-state index contributed by atoms with van der Waals surface area (Å²) in [7, 11) is 1.93. The minimum absolute atomic E-state index is 0.0686. The lowest BCUT2D eigenvalue weighted by molar-refractivity contribution is 0.0313. The van der Waals surface area contributed by atoms with Crippen LogP contribution in [0.1, 0.15) is 64.2 Å². The van der Waals surface area contributed by atoms with Crippen LogP contribution < -0.4 is 4.90 Å². The van der Waals surface area contributed by atoms with E-state index in [4.69, 9.17) is 4.43 Å². The topological polar surface area (TPSA) is 29.5 Å². The van der Waals surface area contributed by atoms with Crippen molar-refractivity contribution in [1.29, 1.82) is 0 Å². The Bertz CT molecular complexity index is 726. The highest BCUT2D eigenvalue weighted by Crippen LogP contribution is 2.45. The Morgan fingerprint density at radius 3 is 2.07 bits per heavy atom. The van der Waals surface area contributed by atoms with E-state index in [1.807, 2.05) is 43.3 Å². The third-order valence-electron chi connectivity index (χ3n) is 6.50. The largest absolute Gasteiger partial charge is 0.404 e. The molecule has 1 aliphatic rings. The Labute approximate surface area is 166 Å². The van der Waals surface area contributed by atoms with Gasteiger partial charge >= 0.3 is 0 Å². The zero-order chi connectivity index (χ0) is 20.6. The first-order valence-electron chi connectivity index (χ1n) is 9.97. The second-order valence-electron chi connectivity index (χ2n) is 9.86. The van der Waals surface area contributed by atoms with Crippen LogP contribution >= 0.6 is 0 Å². The highest BCUT2D eigenvalue weighted by atomic mass is 28.4. The van der Waals surface area contributed by atoms with E-state index in [1.54, 1.807) is 0 Å². The van der Waals surface area contributed by atoms with E-state index in [2.05, 4.69) is 47.7 Å². The number of hydrogen-bond acceptors (Lipinski definition) is 3. The van der Waals surface area contributed by atoms with Crippen molar-refractivity contribution in [3.63, 3.8) is 0 Å². The minimum atomic E-state index is -2.09. The molecule has 0 heterocycles. The molecule has 1 atom stereocenters. The number of benzene rings is 1. The molecule has 150 valence electrons. The van der Waals surface area contributed by atoms with Crippen LogP contribution in [0, 0.1) is 0 Å². The van der Waals surface area contributed by atoms with Crippen LogP contribution in [0.3, 0.4) is 0 Å². The van der Waals surface area contributed by atoms with Gasteiger partial charge in [0.2, 0.25) is 0 Å². The Morgan fingerprint density at radius 2 is 1.63 bits per heavy atom. The van der Waals surface area contributed by atoms with Crippen molar-refractivity contribution < 1.29 is 9.22 Å². The number of Topliss-reactive ketones (excluding diaryl/α,β-unsaturated/α-hetero) is 1. The summed E-state index contributed by atoms with van der Waals surface area (Å²) in [5.74, 6) is 0.143. The van der Waals surface area contributed by atoms with Gasteiger partial charge in [-0.2, -0.15) is 0 Å². The van der Waals surface area contributed by atoms with E-state index in [1.165, 1.54) is 11.1 Å². The average molecular weight is 388 g/mol. The monoisotopic (exact) mass is 387 g/mol. The van der Waals surface area contributed by atoms with Crippen molar-refractivity contribution >= 4 is 19.8 Å². The van der Waals surface area contributed by atoms with Crippen LogP contribution in [0.2, 0.25) is 18.1 Å². The van der Waals surface area contributed by atoms with Crippen molar-refractivity contribution in [1.82, 2.24) is 0 Å². The Kier molecular flexibility index (Phi) is 6.13. The average Bonchev–Trinajstić information content (AvgIpc) is 2.56. The number of carbonyl (C=O) groups excluding carboxylic acids is 1. The number of ketones is 1. The molecule has 0 saturated carbocycles. The number of carbonyl (C=O) groups is 1. The first-order chi connectivity index (χ1) is 12.3. The quantitative estimate of drug-likeness (QED) is 0.341. The smallest absolute Gasteiger partial charge is 0.193 e. The van der Waals surface area contributed by atoms with Crippen LogP contribution in [-0.4, -0.2) is 33.8 Å². The zero-order valence-corrected chi connectivity index (χ0v) is 19.7. The fraction of sp³-hybridized carbons (Fsp3) is 0.609. The molecule has 27 heavy (non-hydrogen) atoms. The number of nitrogens with zero attached hydrogens (tertiary/aromatic N) is 1. The van der Waals surface area contributed by atoms with Gasteiger partial charge in [-0.05, 0) is 69.1 Å². The zero-order valence-electron chi connectivity index (χ0n) is 18.7. The number of allylic oxidation sites excluding steroid dienone is 1. The first kappa shape index (κ1) is 21.9. The van der Waals surface area contributed by atoms with Crippen molar-refractivity contribution in [2.24, 2.45) is 0 Å². The molecule has 0 N–H and O–H groups in total. The molecule has 1 unspecified atom stereocenters. The molecule has 1 aromatic carbocycles. The van der Waals surface area contributed by atoms with Gasteiger partial charge < -0.3 is 9.33 Å². The molecular weight excluding hydrogens is 350 g/mol. The predicted molar refractivity (Wildman–Crippen MR) is 118 cm³/mol. The number of rotatable bonds is 5. The molecule has 2 rings (SSSR count). The Balaban J connectivity index is 2.45. The van der Waals surface area contributed by atoms with Gasteiger partial charge in [0.05, 0.1) is 0 Å². The van der Waals surface area contributed by atoms with Crippen LogP contribution in [0.5, 0.6) is 0 Å². The molecule has 1 aliphatic carbocycles. The van der Waals surface area contributed by atoms with Gasteiger partial charge in [0.25, 0.3) is 0 Å². The molecule has 0 bridgehead atoms. The van der Waals surface area contributed by atoms with E-state index >= 15 is 0 Å². The van der Waals surface area contributed by atoms with Crippen LogP contribution in [0.4, 0.5) is 5.69 Å². The van der Waals surface area contributed by atoms with E-state index in [9.17, 15) is 4.79 Å². The molecule has 0 radical (unpaired) electrons. The van der Waals surface area contributed by atoms with E-state index in [0.29, 0.717) is 6.42 Å². The lowest BCUT2D eigenvalue weighted by Crippen LogP contribution is -2.54. The lowest BCUT2D eigenvalue weighted by atomic mass is 9.77. The fourth-order valence-corrected chi connectivity index (χ4v) is 4.96. The Morgan fingerprint density at radius 1 is 1.07 bits per heavy atom. The summed E-state index contributed by atoms with van der Waals surface area (Å²) in [6.07, 6.45) is 2.42. The highest BCUT2D eigenvalue weighted by molar-refractivity contribution is 6.74. The normalized spacial score (nSPS) is 21.4. The summed E-state index contributed by atoms with van der Waals surface area (Å²) >= 11 is 0. The first-order valence-corrected chi connectivity index (χ1v) is 12.9. The van der Waals surface area contributed by atoms with Gasteiger partial charge in [0.15, 0.2) is 14.1 Å². The third kappa shape index (κ3) is 4.54. The molecule has 0 aliphatic heterocycles. The maximum atomic E-state index is 13.7. The van der Waals surface area contributed by atoms with Gasteiger partial charge in [-0.25, -0.2) is 0 Å². The molecule has 4 heteroatoms. The molecule has 3 nitrogen and oxygen atoms in total. The van der Waals surface area contributed by atoms with Crippen molar-refractivity contribution in [2.45, 2.75) is 77.6 Å². The van der Waals surface area contributed by atoms with Crippen LogP contribution in [-0.2, 0) is 4.43 Å². The fourth-order valence-electron chi connectivity index (χ4n) is 3.41. The lowest BCUT2D eigenvalue weighted by Gasteiger charge is -2.47. The van der Waals surface area contributed by atoms with Gasteiger partial charge in [-0.3, -0.25) is 4.79 Å². The maximum Gasteiger partial charge on any atom is 0.193 e. The van der Waals surface area contributed by atoms with E-state index in [0.717, 1.165) is 24.1 Å². The van der Waals surface area contributed by atoms with Crippen molar-refractivity contribution in [2.75, 3.05) is 19.0 Å². The molecule has 0 spiro atoms. The van der Waals surface area contributed by atoms with Crippen molar-refractivity contribution in [3.05, 3.63) is 41.0 Å². The number of anilines is 1. The number of hydrogen-bond donors (Lipinski definition) is 0. The summed E-state index contributed by atoms with van der Waals surface area (Å²) in [6, 6.07) is 7.94. The minimum Gasteiger partial charge on any atom is -0.404 e.